The standard InChI is InChI=1S/C21H30N2O5S/c1-5-23(6-2)13-7-8-18(24)14-29(25,26)15-20-16(3)28-21(22-20)17-9-11-19(27-4)12-10-17/h9-12H,5-8,13-15H2,1-4H3. The predicted molar refractivity (Wildman–Crippen MR) is 113 cm³/mol. The Kier molecular flexibility index (Phi) is 8.40. The van der Waals surface area contributed by atoms with E-state index in [4.69, 9.17) is 9.15 Å². The number of Topliss-reactive ketones (excluding diaryl/α,β-unsaturated/α-hetero) is 1. The predicted octanol–water partition coefficient (Wildman–Crippen LogP) is 3.26. The highest BCUT2D eigenvalue weighted by molar-refractivity contribution is 7.91. The van der Waals surface area contributed by atoms with Crippen LogP contribution in [0.4, 0.5) is 0 Å². The number of methoxy groups -OCH3 is 1. The van der Waals surface area contributed by atoms with E-state index in [1.165, 1.54) is 0 Å². The molecule has 0 saturated carbocycles. The van der Waals surface area contributed by atoms with Gasteiger partial charge in [-0.05, 0) is 57.2 Å². The fourth-order valence-electron chi connectivity index (χ4n) is 3.04. The maximum Gasteiger partial charge on any atom is 0.226 e. The van der Waals surface area contributed by atoms with Gasteiger partial charge < -0.3 is 14.1 Å². The highest BCUT2D eigenvalue weighted by Gasteiger charge is 2.22. The Labute approximate surface area is 173 Å². The summed E-state index contributed by atoms with van der Waals surface area (Å²) >= 11 is 0. The molecule has 0 aliphatic carbocycles. The average Bonchev–Trinajstić information content (AvgIpc) is 3.04. The molecule has 1 heterocycles. The van der Waals surface area contributed by atoms with Crippen LogP contribution >= 0.6 is 0 Å². The SMILES string of the molecule is CCN(CC)CCCC(=O)CS(=O)(=O)Cc1nc(-c2ccc(OC)cc2)oc1C. The molecule has 1 aromatic carbocycles. The van der Waals surface area contributed by atoms with Crippen molar-refractivity contribution < 1.29 is 22.4 Å². The third kappa shape index (κ3) is 6.97. The molecule has 0 amide bonds. The third-order valence-electron chi connectivity index (χ3n) is 4.79. The maximum atomic E-state index is 12.5. The molecule has 0 unspecified atom stereocenters. The van der Waals surface area contributed by atoms with Crippen molar-refractivity contribution in [3.8, 4) is 17.2 Å². The number of nitrogens with zero attached hydrogens (tertiary/aromatic N) is 2. The van der Waals surface area contributed by atoms with Crippen LogP contribution in [0.15, 0.2) is 28.7 Å². The number of ether oxygens (including phenoxy) is 1. The Morgan fingerprint density at radius 2 is 1.83 bits per heavy atom. The molecule has 0 fully saturated rings. The molecule has 0 radical (unpaired) electrons. The third-order valence-corrected chi connectivity index (χ3v) is 6.27. The second kappa shape index (κ2) is 10.5. The van der Waals surface area contributed by atoms with Crippen LogP contribution < -0.4 is 4.74 Å². The molecule has 2 rings (SSSR count). The zero-order chi connectivity index (χ0) is 21.4. The molecule has 0 atom stereocenters. The van der Waals surface area contributed by atoms with Crippen LogP contribution in [0.5, 0.6) is 5.75 Å². The lowest BCUT2D eigenvalue weighted by Crippen LogP contribution is -2.25. The van der Waals surface area contributed by atoms with Crippen molar-refractivity contribution in [1.82, 2.24) is 9.88 Å². The highest BCUT2D eigenvalue weighted by atomic mass is 32.2. The number of oxazole rings is 1. The molecular weight excluding hydrogens is 392 g/mol. The van der Waals surface area contributed by atoms with Crippen molar-refractivity contribution in [2.45, 2.75) is 39.4 Å². The van der Waals surface area contributed by atoms with Gasteiger partial charge in [-0.25, -0.2) is 13.4 Å². The van der Waals surface area contributed by atoms with Crippen molar-refractivity contribution in [2.24, 2.45) is 0 Å². The minimum Gasteiger partial charge on any atom is -0.497 e. The van der Waals surface area contributed by atoms with Gasteiger partial charge in [-0.3, -0.25) is 4.79 Å². The summed E-state index contributed by atoms with van der Waals surface area (Å²) in [5.41, 5.74) is 1.07. The molecule has 0 bridgehead atoms. The minimum absolute atomic E-state index is 0.256. The summed E-state index contributed by atoms with van der Waals surface area (Å²) in [7, 11) is -2.02. The first kappa shape index (κ1) is 23.1. The maximum absolute atomic E-state index is 12.5. The number of hydrogen-bond donors (Lipinski definition) is 0. The lowest BCUT2D eigenvalue weighted by atomic mass is 10.2. The van der Waals surface area contributed by atoms with E-state index in [0.717, 1.165) is 25.2 Å². The Hall–Kier alpha value is -2.19. The number of benzene rings is 1. The first-order valence-electron chi connectivity index (χ1n) is 9.83. The molecule has 8 heteroatoms. The summed E-state index contributed by atoms with van der Waals surface area (Å²) in [6, 6.07) is 7.15. The summed E-state index contributed by atoms with van der Waals surface area (Å²) in [5.74, 6) is 0.470. The van der Waals surface area contributed by atoms with Gasteiger partial charge in [0, 0.05) is 12.0 Å². The fourth-order valence-corrected chi connectivity index (χ4v) is 4.46. The topological polar surface area (TPSA) is 89.7 Å². The van der Waals surface area contributed by atoms with E-state index < -0.39 is 15.6 Å². The van der Waals surface area contributed by atoms with E-state index in [0.29, 0.717) is 29.5 Å². The second-order valence-electron chi connectivity index (χ2n) is 6.95. The molecule has 0 saturated heterocycles. The zero-order valence-corrected chi connectivity index (χ0v) is 18.4. The number of carbonyl (C=O) groups is 1. The average molecular weight is 423 g/mol. The van der Waals surface area contributed by atoms with Gasteiger partial charge in [-0.2, -0.15) is 0 Å². The molecule has 0 aliphatic rings. The highest BCUT2D eigenvalue weighted by Crippen LogP contribution is 2.25. The van der Waals surface area contributed by atoms with Gasteiger partial charge in [0.15, 0.2) is 9.84 Å². The molecule has 1 aromatic heterocycles. The molecule has 0 N–H and O–H groups in total. The number of rotatable bonds is 12. The largest absolute Gasteiger partial charge is 0.497 e. The Morgan fingerprint density at radius 3 is 2.41 bits per heavy atom. The van der Waals surface area contributed by atoms with E-state index in [1.54, 1.807) is 38.3 Å². The Bertz CT molecular complexity index is 900. The van der Waals surface area contributed by atoms with Crippen LogP contribution in [-0.2, 0) is 20.4 Å². The van der Waals surface area contributed by atoms with Crippen LogP contribution in [0.3, 0.4) is 0 Å². The molecule has 7 nitrogen and oxygen atoms in total. The molecule has 0 aliphatic heterocycles. The summed E-state index contributed by atoms with van der Waals surface area (Å²) in [5, 5.41) is 0. The summed E-state index contributed by atoms with van der Waals surface area (Å²) in [6.07, 6.45) is 0.936. The van der Waals surface area contributed by atoms with E-state index in [2.05, 4.69) is 23.7 Å². The van der Waals surface area contributed by atoms with E-state index in [1.807, 2.05) is 0 Å². The van der Waals surface area contributed by atoms with Gasteiger partial charge in [0.25, 0.3) is 0 Å². The van der Waals surface area contributed by atoms with E-state index in [-0.39, 0.29) is 18.0 Å². The molecule has 0 spiro atoms. The van der Waals surface area contributed by atoms with Crippen LogP contribution in [0.2, 0.25) is 0 Å². The zero-order valence-electron chi connectivity index (χ0n) is 17.6. The summed E-state index contributed by atoms with van der Waals surface area (Å²) < 4.78 is 35.7. The molecular formula is C21H30N2O5S. The van der Waals surface area contributed by atoms with Crippen molar-refractivity contribution in [3.63, 3.8) is 0 Å². The molecule has 160 valence electrons. The number of hydrogen-bond acceptors (Lipinski definition) is 7. The van der Waals surface area contributed by atoms with Gasteiger partial charge in [-0.15, -0.1) is 0 Å². The summed E-state index contributed by atoms with van der Waals surface area (Å²) in [6.45, 7) is 8.45. The second-order valence-corrected chi connectivity index (χ2v) is 9.02. The van der Waals surface area contributed by atoms with Crippen LogP contribution in [-0.4, -0.2) is 56.6 Å². The normalized spacial score (nSPS) is 11.8. The lowest BCUT2D eigenvalue weighted by molar-refractivity contribution is -0.116. The number of carbonyl (C=O) groups excluding carboxylic acids is 1. The van der Waals surface area contributed by atoms with E-state index in [9.17, 15) is 13.2 Å². The van der Waals surface area contributed by atoms with Crippen LogP contribution in [0, 0.1) is 6.92 Å². The smallest absolute Gasteiger partial charge is 0.226 e. The van der Waals surface area contributed by atoms with Crippen molar-refractivity contribution >= 4 is 15.6 Å². The van der Waals surface area contributed by atoms with Crippen LogP contribution in [0.1, 0.15) is 38.1 Å². The lowest BCUT2D eigenvalue weighted by Gasteiger charge is -2.17. The Morgan fingerprint density at radius 1 is 1.17 bits per heavy atom. The van der Waals surface area contributed by atoms with Gasteiger partial charge in [-0.1, -0.05) is 13.8 Å². The quantitative estimate of drug-likeness (QED) is 0.518. The van der Waals surface area contributed by atoms with Crippen molar-refractivity contribution in [3.05, 3.63) is 35.7 Å². The van der Waals surface area contributed by atoms with Crippen molar-refractivity contribution in [2.75, 3.05) is 32.5 Å². The van der Waals surface area contributed by atoms with Crippen LogP contribution in [0.25, 0.3) is 11.5 Å². The number of sulfone groups is 1. The first-order chi connectivity index (χ1) is 13.8. The van der Waals surface area contributed by atoms with E-state index >= 15 is 0 Å². The number of ketones is 1. The van der Waals surface area contributed by atoms with Crippen molar-refractivity contribution in [1.29, 1.82) is 0 Å². The first-order valence-corrected chi connectivity index (χ1v) is 11.6. The fraction of sp³-hybridized carbons (Fsp3) is 0.524. The monoisotopic (exact) mass is 422 g/mol. The van der Waals surface area contributed by atoms with Gasteiger partial charge in [0.1, 0.15) is 23.0 Å². The van der Waals surface area contributed by atoms with Gasteiger partial charge >= 0.3 is 0 Å². The molecule has 29 heavy (non-hydrogen) atoms. The molecule has 2 aromatic rings. The summed E-state index contributed by atoms with van der Waals surface area (Å²) in [4.78, 5) is 18.7. The number of aryl methyl sites for hydroxylation is 1. The Balaban J connectivity index is 1.97. The number of aromatic nitrogens is 1. The van der Waals surface area contributed by atoms with Gasteiger partial charge in [0.05, 0.1) is 18.6 Å². The van der Waals surface area contributed by atoms with Gasteiger partial charge in [0.2, 0.25) is 5.89 Å². The minimum atomic E-state index is -3.60.